The maximum absolute atomic E-state index is 13.2. The van der Waals surface area contributed by atoms with Crippen LogP contribution in [0.15, 0.2) is 67.1 Å². The molecular weight excluding hydrogens is 434 g/mol. The first kappa shape index (κ1) is 23.2. The zero-order chi connectivity index (χ0) is 23.2. The van der Waals surface area contributed by atoms with Crippen molar-refractivity contribution in [2.75, 3.05) is 32.1 Å². The molecular formula is C26H30ClN5O. The topological polar surface area (TPSA) is 61.4 Å². The summed E-state index contributed by atoms with van der Waals surface area (Å²) < 4.78 is 0. The molecule has 4 rings (SSSR count). The van der Waals surface area contributed by atoms with Gasteiger partial charge in [0.1, 0.15) is 0 Å². The molecule has 1 amide bonds. The van der Waals surface area contributed by atoms with Crippen molar-refractivity contribution in [2.45, 2.75) is 25.4 Å². The van der Waals surface area contributed by atoms with E-state index in [4.69, 9.17) is 11.6 Å². The van der Waals surface area contributed by atoms with Gasteiger partial charge in [0.25, 0.3) is 0 Å². The van der Waals surface area contributed by atoms with Gasteiger partial charge in [0.15, 0.2) is 0 Å². The number of halogens is 1. The third-order valence-electron chi connectivity index (χ3n) is 6.19. The minimum atomic E-state index is -0.350. The zero-order valence-electron chi connectivity index (χ0n) is 19.1. The summed E-state index contributed by atoms with van der Waals surface area (Å²) in [4.78, 5) is 26.3. The van der Waals surface area contributed by atoms with E-state index in [0.717, 1.165) is 38.0 Å². The van der Waals surface area contributed by atoms with Gasteiger partial charge in [-0.15, -0.1) is 0 Å². The van der Waals surface area contributed by atoms with E-state index >= 15 is 0 Å². The molecule has 2 heterocycles. The van der Waals surface area contributed by atoms with Gasteiger partial charge in [0, 0.05) is 49.7 Å². The Balaban J connectivity index is 1.36. The highest BCUT2D eigenvalue weighted by Crippen LogP contribution is 2.25. The Kier molecular flexibility index (Phi) is 7.57. The molecule has 0 aliphatic carbocycles. The molecule has 7 heteroatoms. The van der Waals surface area contributed by atoms with E-state index < -0.39 is 0 Å². The van der Waals surface area contributed by atoms with Gasteiger partial charge in [-0.05, 0) is 61.3 Å². The SMILES string of the molecule is CN(C)c1ccc(CN2CCC(C(=O)NC(c3ccc(Cl)cc3)c3cnccn3)CC2)cc1. The normalized spacial score (nSPS) is 15.7. The summed E-state index contributed by atoms with van der Waals surface area (Å²) in [5.74, 6) is 0.0550. The Labute approximate surface area is 200 Å². The van der Waals surface area contributed by atoms with Gasteiger partial charge in [0.2, 0.25) is 5.91 Å². The van der Waals surface area contributed by atoms with Crippen LogP contribution in [0.4, 0.5) is 5.69 Å². The molecule has 1 saturated heterocycles. The average Bonchev–Trinajstić information content (AvgIpc) is 2.84. The van der Waals surface area contributed by atoms with E-state index in [1.165, 1.54) is 11.3 Å². The molecule has 172 valence electrons. The maximum atomic E-state index is 13.2. The molecule has 1 aliphatic heterocycles. The van der Waals surface area contributed by atoms with Crippen molar-refractivity contribution in [3.05, 3.63) is 89.0 Å². The fraction of sp³-hybridized carbons (Fsp3) is 0.346. The number of carbonyl (C=O) groups is 1. The minimum Gasteiger partial charge on any atom is -0.378 e. The van der Waals surface area contributed by atoms with Crippen LogP contribution >= 0.6 is 11.6 Å². The second-order valence-corrected chi connectivity index (χ2v) is 9.17. The Bertz CT molecular complexity index is 1030. The quantitative estimate of drug-likeness (QED) is 0.565. The standard InChI is InChI=1S/C26H30ClN5O/c1-31(2)23-9-3-19(4-10-23)18-32-15-11-21(12-16-32)26(33)30-25(24-17-28-13-14-29-24)20-5-7-22(27)8-6-20/h3-10,13-14,17,21,25H,11-12,15-16,18H2,1-2H3,(H,30,33). The summed E-state index contributed by atoms with van der Waals surface area (Å²) in [5, 5.41) is 3.87. The lowest BCUT2D eigenvalue weighted by molar-refractivity contribution is -0.127. The molecule has 6 nitrogen and oxygen atoms in total. The first-order valence-corrected chi connectivity index (χ1v) is 11.7. The van der Waals surface area contributed by atoms with Crippen LogP contribution in [-0.4, -0.2) is 48.0 Å². The average molecular weight is 464 g/mol. The highest BCUT2D eigenvalue weighted by Gasteiger charge is 2.28. The number of hydrogen-bond acceptors (Lipinski definition) is 5. The molecule has 1 fully saturated rings. The number of benzene rings is 2. The number of likely N-dealkylation sites (tertiary alicyclic amines) is 1. The lowest BCUT2D eigenvalue weighted by Gasteiger charge is -2.32. The van der Waals surface area contributed by atoms with Crippen molar-refractivity contribution in [1.29, 1.82) is 0 Å². The smallest absolute Gasteiger partial charge is 0.224 e. The van der Waals surface area contributed by atoms with E-state index in [1.54, 1.807) is 18.6 Å². The fourth-order valence-corrected chi connectivity index (χ4v) is 4.34. The monoisotopic (exact) mass is 463 g/mol. The first-order valence-electron chi connectivity index (χ1n) is 11.3. The molecule has 1 aromatic heterocycles. The number of aromatic nitrogens is 2. The molecule has 0 spiro atoms. The van der Waals surface area contributed by atoms with Crippen molar-refractivity contribution in [3.63, 3.8) is 0 Å². The first-order chi connectivity index (χ1) is 16.0. The number of rotatable bonds is 7. The Hall–Kier alpha value is -2.96. The summed E-state index contributed by atoms with van der Waals surface area (Å²) in [7, 11) is 4.10. The van der Waals surface area contributed by atoms with E-state index in [-0.39, 0.29) is 17.9 Å². The van der Waals surface area contributed by atoms with Crippen molar-refractivity contribution in [1.82, 2.24) is 20.2 Å². The van der Waals surface area contributed by atoms with Crippen LogP contribution in [0.25, 0.3) is 0 Å². The summed E-state index contributed by atoms with van der Waals surface area (Å²) in [6, 6.07) is 15.8. The molecule has 0 bridgehead atoms. The van der Waals surface area contributed by atoms with Crippen molar-refractivity contribution >= 4 is 23.2 Å². The number of hydrogen-bond donors (Lipinski definition) is 1. The van der Waals surface area contributed by atoms with Crippen LogP contribution in [0.2, 0.25) is 5.02 Å². The number of carbonyl (C=O) groups excluding carboxylic acids is 1. The molecule has 2 aromatic carbocycles. The molecule has 1 unspecified atom stereocenters. The maximum Gasteiger partial charge on any atom is 0.224 e. The molecule has 1 aliphatic rings. The zero-order valence-corrected chi connectivity index (χ0v) is 19.9. The van der Waals surface area contributed by atoms with Crippen LogP contribution in [0.5, 0.6) is 0 Å². The lowest BCUT2D eigenvalue weighted by atomic mass is 9.94. The molecule has 33 heavy (non-hydrogen) atoms. The van der Waals surface area contributed by atoms with Gasteiger partial charge in [-0.1, -0.05) is 35.9 Å². The summed E-state index contributed by atoms with van der Waals surface area (Å²) in [6.45, 7) is 2.73. The van der Waals surface area contributed by atoms with E-state index in [1.807, 2.05) is 38.4 Å². The van der Waals surface area contributed by atoms with E-state index in [2.05, 4.69) is 49.4 Å². The van der Waals surface area contributed by atoms with Crippen LogP contribution in [0.1, 0.15) is 35.7 Å². The van der Waals surface area contributed by atoms with Gasteiger partial charge in [-0.2, -0.15) is 0 Å². The van der Waals surface area contributed by atoms with Crippen molar-refractivity contribution in [2.24, 2.45) is 5.92 Å². The van der Waals surface area contributed by atoms with Crippen LogP contribution in [0, 0.1) is 5.92 Å². The third-order valence-corrected chi connectivity index (χ3v) is 6.44. The minimum absolute atomic E-state index is 0.0103. The Morgan fingerprint density at radius 2 is 1.79 bits per heavy atom. The lowest BCUT2D eigenvalue weighted by Crippen LogP contribution is -2.41. The Morgan fingerprint density at radius 3 is 2.39 bits per heavy atom. The predicted octanol–water partition coefficient (Wildman–Crippen LogP) is 4.31. The van der Waals surface area contributed by atoms with Gasteiger partial charge in [0.05, 0.1) is 17.9 Å². The third kappa shape index (κ3) is 6.09. The van der Waals surface area contributed by atoms with Gasteiger partial charge < -0.3 is 10.2 Å². The summed E-state index contributed by atoms with van der Waals surface area (Å²) in [6.07, 6.45) is 6.66. The summed E-state index contributed by atoms with van der Waals surface area (Å²) >= 11 is 6.06. The predicted molar refractivity (Wildman–Crippen MR) is 132 cm³/mol. The van der Waals surface area contributed by atoms with E-state index in [9.17, 15) is 4.79 Å². The number of amides is 1. The molecule has 3 aromatic rings. The van der Waals surface area contributed by atoms with Gasteiger partial charge in [-0.25, -0.2) is 0 Å². The van der Waals surface area contributed by atoms with Crippen LogP contribution in [-0.2, 0) is 11.3 Å². The van der Waals surface area contributed by atoms with Crippen molar-refractivity contribution < 1.29 is 4.79 Å². The molecule has 1 atom stereocenters. The number of anilines is 1. The highest BCUT2D eigenvalue weighted by atomic mass is 35.5. The van der Waals surface area contributed by atoms with Gasteiger partial charge in [-0.3, -0.25) is 19.7 Å². The van der Waals surface area contributed by atoms with Crippen LogP contribution in [0.3, 0.4) is 0 Å². The number of nitrogens with zero attached hydrogens (tertiary/aromatic N) is 4. The molecule has 1 N–H and O–H groups in total. The summed E-state index contributed by atoms with van der Waals surface area (Å²) in [5.41, 5.74) is 4.15. The van der Waals surface area contributed by atoms with Crippen LogP contribution < -0.4 is 10.2 Å². The molecule has 0 radical (unpaired) electrons. The van der Waals surface area contributed by atoms with Gasteiger partial charge >= 0.3 is 0 Å². The number of piperidine rings is 1. The highest BCUT2D eigenvalue weighted by molar-refractivity contribution is 6.30. The fourth-order valence-electron chi connectivity index (χ4n) is 4.21. The number of nitrogens with one attached hydrogen (secondary N) is 1. The largest absolute Gasteiger partial charge is 0.378 e. The second-order valence-electron chi connectivity index (χ2n) is 8.73. The molecule has 0 saturated carbocycles. The Morgan fingerprint density at radius 1 is 1.09 bits per heavy atom. The van der Waals surface area contributed by atoms with Crippen molar-refractivity contribution in [3.8, 4) is 0 Å². The van der Waals surface area contributed by atoms with E-state index in [0.29, 0.717) is 10.7 Å². The second kappa shape index (κ2) is 10.8.